The fourth-order valence-corrected chi connectivity index (χ4v) is 5.12. The molecule has 0 saturated carbocycles. The van der Waals surface area contributed by atoms with E-state index in [1.165, 1.54) is 35.2 Å². The molecule has 3 rings (SSSR count). The minimum absolute atomic E-state index is 0.0232. The molecule has 0 heterocycles. The van der Waals surface area contributed by atoms with Crippen molar-refractivity contribution in [2.24, 2.45) is 5.92 Å². The Morgan fingerprint density at radius 3 is 2.03 bits per heavy atom. The van der Waals surface area contributed by atoms with E-state index in [-0.39, 0.29) is 22.9 Å². The lowest BCUT2D eigenvalue weighted by Crippen LogP contribution is -2.51. The zero-order valence-corrected chi connectivity index (χ0v) is 22.0. The van der Waals surface area contributed by atoms with Crippen LogP contribution in [0.1, 0.15) is 26.3 Å². The van der Waals surface area contributed by atoms with E-state index in [9.17, 15) is 22.4 Å². The summed E-state index contributed by atoms with van der Waals surface area (Å²) in [6.07, 6.45) is 0. The van der Waals surface area contributed by atoms with E-state index < -0.39 is 40.2 Å². The SMILES string of the molecule is CC(C)CNC(=O)[C@H](C)N(Cc1ccccc1F)C(=O)CN(c1ccccc1)S(=O)(=O)c1ccccc1. The molecule has 0 radical (unpaired) electrons. The maximum Gasteiger partial charge on any atom is 0.264 e. The first-order valence-electron chi connectivity index (χ1n) is 12.0. The summed E-state index contributed by atoms with van der Waals surface area (Å²) >= 11 is 0. The fourth-order valence-electron chi connectivity index (χ4n) is 3.69. The van der Waals surface area contributed by atoms with Crippen LogP contribution in [0.4, 0.5) is 10.1 Å². The van der Waals surface area contributed by atoms with E-state index >= 15 is 0 Å². The van der Waals surface area contributed by atoms with Gasteiger partial charge in [0.05, 0.1) is 10.6 Å². The van der Waals surface area contributed by atoms with E-state index in [1.54, 1.807) is 61.5 Å². The first-order chi connectivity index (χ1) is 17.6. The molecule has 0 saturated heterocycles. The summed E-state index contributed by atoms with van der Waals surface area (Å²) in [5, 5.41) is 2.80. The molecular formula is C28H32FN3O4S. The molecule has 7 nitrogen and oxygen atoms in total. The van der Waals surface area contributed by atoms with E-state index in [2.05, 4.69) is 5.32 Å². The number of halogens is 1. The van der Waals surface area contributed by atoms with E-state index in [0.717, 1.165) is 4.31 Å². The fraction of sp³-hybridized carbons (Fsp3) is 0.286. The van der Waals surface area contributed by atoms with Gasteiger partial charge < -0.3 is 10.2 Å². The first-order valence-corrected chi connectivity index (χ1v) is 13.5. The number of nitrogens with zero attached hydrogens (tertiary/aromatic N) is 2. The molecule has 0 spiro atoms. The molecule has 0 unspecified atom stereocenters. The van der Waals surface area contributed by atoms with Crippen LogP contribution in [0.5, 0.6) is 0 Å². The number of carbonyl (C=O) groups excluding carboxylic acids is 2. The number of anilines is 1. The second kappa shape index (κ2) is 12.5. The largest absolute Gasteiger partial charge is 0.354 e. The molecule has 37 heavy (non-hydrogen) atoms. The molecule has 0 fully saturated rings. The highest BCUT2D eigenvalue weighted by Crippen LogP contribution is 2.24. The molecule has 0 aromatic heterocycles. The third-order valence-electron chi connectivity index (χ3n) is 5.80. The van der Waals surface area contributed by atoms with Crippen molar-refractivity contribution >= 4 is 27.5 Å². The third kappa shape index (κ3) is 7.16. The molecule has 9 heteroatoms. The Balaban J connectivity index is 1.98. The average molecular weight is 526 g/mol. The van der Waals surface area contributed by atoms with Crippen molar-refractivity contribution in [2.45, 2.75) is 38.3 Å². The zero-order valence-electron chi connectivity index (χ0n) is 21.2. The van der Waals surface area contributed by atoms with Crippen molar-refractivity contribution in [1.82, 2.24) is 10.2 Å². The lowest BCUT2D eigenvalue weighted by molar-refractivity contribution is -0.139. The summed E-state index contributed by atoms with van der Waals surface area (Å²) in [7, 11) is -4.12. The number of nitrogens with one attached hydrogen (secondary N) is 1. The topological polar surface area (TPSA) is 86.8 Å². The second-order valence-corrected chi connectivity index (χ2v) is 11.0. The van der Waals surface area contributed by atoms with Crippen molar-refractivity contribution in [3.05, 3.63) is 96.3 Å². The summed E-state index contributed by atoms with van der Waals surface area (Å²) in [5.74, 6) is -1.38. The van der Waals surface area contributed by atoms with Crippen LogP contribution >= 0.6 is 0 Å². The molecule has 3 aromatic carbocycles. The Bertz CT molecular complexity index is 1300. The number of benzene rings is 3. The van der Waals surface area contributed by atoms with Gasteiger partial charge in [-0.15, -0.1) is 0 Å². The number of amides is 2. The van der Waals surface area contributed by atoms with Gasteiger partial charge in [0.1, 0.15) is 18.4 Å². The molecule has 2 amide bonds. The predicted octanol–water partition coefficient (Wildman–Crippen LogP) is 4.21. The molecule has 1 N–H and O–H groups in total. The number of para-hydroxylation sites is 1. The van der Waals surface area contributed by atoms with Crippen molar-refractivity contribution < 1.29 is 22.4 Å². The van der Waals surface area contributed by atoms with Gasteiger partial charge in [0.15, 0.2) is 0 Å². The number of hydrogen-bond donors (Lipinski definition) is 1. The van der Waals surface area contributed by atoms with E-state index in [0.29, 0.717) is 12.2 Å². The maximum atomic E-state index is 14.5. The van der Waals surface area contributed by atoms with Gasteiger partial charge >= 0.3 is 0 Å². The minimum atomic E-state index is -4.12. The van der Waals surface area contributed by atoms with Gasteiger partial charge in [-0.2, -0.15) is 0 Å². The number of sulfonamides is 1. The van der Waals surface area contributed by atoms with Crippen LogP contribution in [-0.4, -0.2) is 44.3 Å². The highest BCUT2D eigenvalue weighted by atomic mass is 32.2. The second-order valence-electron chi connectivity index (χ2n) is 9.09. The molecule has 0 aliphatic carbocycles. The molecule has 196 valence electrons. The summed E-state index contributed by atoms with van der Waals surface area (Å²) in [5.41, 5.74) is 0.513. The summed E-state index contributed by atoms with van der Waals surface area (Å²) in [6, 6.07) is 21.1. The summed E-state index contributed by atoms with van der Waals surface area (Å²) in [4.78, 5) is 27.9. The lowest BCUT2D eigenvalue weighted by Gasteiger charge is -2.32. The molecular weight excluding hydrogens is 493 g/mol. The van der Waals surface area contributed by atoms with E-state index in [4.69, 9.17) is 0 Å². The van der Waals surface area contributed by atoms with Crippen LogP contribution in [0.2, 0.25) is 0 Å². The molecule has 1 atom stereocenters. The molecule has 3 aromatic rings. The highest BCUT2D eigenvalue weighted by molar-refractivity contribution is 7.92. The quantitative estimate of drug-likeness (QED) is 0.406. The van der Waals surface area contributed by atoms with Gasteiger partial charge in [0.25, 0.3) is 10.0 Å². The number of carbonyl (C=O) groups is 2. The van der Waals surface area contributed by atoms with E-state index in [1.807, 2.05) is 13.8 Å². The lowest BCUT2D eigenvalue weighted by atomic mass is 10.1. The Labute approximate surface area is 218 Å². The Morgan fingerprint density at radius 1 is 0.865 bits per heavy atom. The predicted molar refractivity (Wildman–Crippen MR) is 142 cm³/mol. The minimum Gasteiger partial charge on any atom is -0.354 e. The Morgan fingerprint density at radius 2 is 1.43 bits per heavy atom. The number of hydrogen-bond acceptors (Lipinski definition) is 4. The van der Waals surface area contributed by atoms with Crippen LogP contribution in [0.3, 0.4) is 0 Å². The maximum absolute atomic E-state index is 14.5. The molecule has 0 bridgehead atoms. The Kier molecular flexibility index (Phi) is 9.41. The van der Waals surface area contributed by atoms with Crippen molar-refractivity contribution in [1.29, 1.82) is 0 Å². The molecule has 0 aliphatic rings. The summed E-state index contributed by atoms with van der Waals surface area (Å²) in [6.45, 7) is 5.07. The van der Waals surface area contributed by atoms with Gasteiger partial charge in [-0.05, 0) is 43.2 Å². The average Bonchev–Trinajstić information content (AvgIpc) is 2.90. The van der Waals surface area contributed by atoms with Crippen molar-refractivity contribution in [3.63, 3.8) is 0 Å². The first kappa shape index (κ1) is 27.9. The highest BCUT2D eigenvalue weighted by Gasteiger charge is 2.32. The van der Waals surface area contributed by atoms with Crippen molar-refractivity contribution in [2.75, 3.05) is 17.4 Å². The van der Waals surface area contributed by atoms with Crippen molar-refractivity contribution in [3.8, 4) is 0 Å². The van der Waals surface area contributed by atoms with Gasteiger partial charge in [-0.1, -0.05) is 68.4 Å². The standard InChI is InChI=1S/C28H32FN3O4S/c1-21(2)18-30-28(34)22(3)31(19-23-12-10-11-17-26(23)29)27(33)20-32(24-13-6-4-7-14-24)37(35,36)25-15-8-5-9-16-25/h4-17,21-22H,18-20H2,1-3H3,(H,30,34)/t22-/m0/s1. The van der Waals surface area contributed by atoms with Crippen LogP contribution in [0, 0.1) is 11.7 Å². The van der Waals surface area contributed by atoms with Gasteiger partial charge in [-0.3, -0.25) is 13.9 Å². The van der Waals surface area contributed by atoms with Crippen LogP contribution in [0.15, 0.2) is 89.8 Å². The van der Waals surface area contributed by atoms with Gasteiger partial charge in [0, 0.05) is 18.7 Å². The smallest absolute Gasteiger partial charge is 0.264 e. The van der Waals surface area contributed by atoms with Gasteiger partial charge in [0.2, 0.25) is 11.8 Å². The third-order valence-corrected chi connectivity index (χ3v) is 7.59. The Hall–Kier alpha value is -3.72. The monoisotopic (exact) mass is 525 g/mol. The summed E-state index contributed by atoms with van der Waals surface area (Å²) < 4.78 is 42.7. The van der Waals surface area contributed by atoms with Crippen LogP contribution in [-0.2, 0) is 26.2 Å². The number of rotatable bonds is 11. The molecule has 0 aliphatic heterocycles. The van der Waals surface area contributed by atoms with Crippen LogP contribution < -0.4 is 9.62 Å². The zero-order chi connectivity index (χ0) is 27.0. The van der Waals surface area contributed by atoms with Gasteiger partial charge in [-0.25, -0.2) is 12.8 Å². The normalized spacial score (nSPS) is 12.1. The van der Waals surface area contributed by atoms with Crippen LogP contribution in [0.25, 0.3) is 0 Å².